The number of halogens is 1. The normalized spacial score (nSPS) is 18.3. The molecule has 0 amide bonds. The summed E-state index contributed by atoms with van der Waals surface area (Å²) in [5, 5.41) is 9.62. The largest absolute Gasteiger partial charge is 0.495 e. The van der Waals surface area contributed by atoms with Crippen LogP contribution in [0.1, 0.15) is 60.9 Å². The Morgan fingerprint density at radius 1 is 1.20 bits per heavy atom. The topological polar surface area (TPSA) is 106 Å². The Morgan fingerprint density at radius 3 is 2.49 bits per heavy atom. The first kappa shape index (κ1) is 25.1. The second kappa shape index (κ2) is 10.3. The quantitative estimate of drug-likeness (QED) is 0.371. The van der Waals surface area contributed by atoms with Gasteiger partial charge in [-0.3, -0.25) is 4.72 Å². The van der Waals surface area contributed by atoms with E-state index in [0.29, 0.717) is 10.9 Å². The van der Waals surface area contributed by atoms with Crippen LogP contribution in [0, 0.1) is 11.7 Å². The lowest BCUT2D eigenvalue weighted by Gasteiger charge is -2.28. The summed E-state index contributed by atoms with van der Waals surface area (Å²) in [6.45, 7) is 2.25. The number of aromatic nitrogens is 1. The summed E-state index contributed by atoms with van der Waals surface area (Å²) < 4.78 is 47.3. The van der Waals surface area contributed by atoms with E-state index in [1.807, 2.05) is 12.1 Å². The van der Waals surface area contributed by atoms with Gasteiger partial charge in [-0.15, -0.1) is 11.3 Å². The summed E-state index contributed by atoms with van der Waals surface area (Å²) >= 11 is 0.992. The van der Waals surface area contributed by atoms with Gasteiger partial charge in [0.15, 0.2) is 4.21 Å². The van der Waals surface area contributed by atoms with Gasteiger partial charge in [0.1, 0.15) is 16.6 Å². The molecule has 4 rings (SSSR count). The molecule has 0 radical (unpaired) electrons. The van der Waals surface area contributed by atoms with Crippen molar-refractivity contribution in [1.82, 2.24) is 4.98 Å². The van der Waals surface area contributed by atoms with Crippen LogP contribution in [-0.4, -0.2) is 31.6 Å². The third-order valence-electron chi connectivity index (χ3n) is 6.57. The maximum Gasteiger partial charge on any atom is 0.338 e. The van der Waals surface area contributed by atoms with Crippen LogP contribution in [0.15, 0.2) is 46.8 Å². The Bertz CT molecular complexity index is 1310. The smallest absolute Gasteiger partial charge is 0.338 e. The van der Waals surface area contributed by atoms with Gasteiger partial charge < -0.3 is 9.84 Å². The highest BCUT2D eigenvalue weighted by molar-refractivity contribution is 7.94. The predicted octanol–water partition coefficient (Wildman–Crippen LogP) is 6.14. The molecule has 0 aliphatic heterocycles. The summed E-state index contributed by atoms with van der Waals surface area (Å²) in [4.78, 5) is 15.4. The molecule has 0 atom stereocenters. The summed E-state index contributed by atoms with van der Waals surface area (Å²) in [7, 11) is -2.87. The molecule has 1 heterocycles. The Morgan fingerprint density at radius 2 is 1.89 bits per heavy atom. The van der Waals surface area contributed by atoms with E-state index in [2.05, 4.69) is 28.8 Å². The fraction of sp³-hybridized carbons (Fsp3) is 0.360. The third-order valence-corrected chi connectivity index (χ3v) is 9.44. The van der Waals surface area contributed by atoms with E-state index < -0.39 is 27.4 Å². The zero-order chi connectivity index (χ0) is 25.2. The molecule has 2 aromatic carbocycles. The molecule has 0 bridgehead atoms. The second-order valence-corrected chi connectivity index (χ2v) is 11.6. The lowest BCUT2D eigenvalue weighted by Crippen LogP contribution is -2.13. The highest BCUT2D eigenvalue weighted by Crippen LogP contribution is 2.38. The standard InChI is InChI=1S/C25H27FN2O5S2/c1-3-15-4-6-16(7-5-15)17-8-10-18(11-9-17)24-27-14-23(34-24)35(31,32)28-21-13-20(26)19(25(29)30)12-22(21)33-2/h8-16,28H,3-7H2,1-2H3,(H,29,30)/t15-,16-. The van der Waals surface area contributed by atoms with E-state index in [-0.39, 0.29) is 15.6 Å². The molecule has 35 heavy (non-hydrogen) atoms. The number of methoxy groups -OCH3 is 1. The number of nitrogens with zero attached hydrogens (tertiary/aromatic N) is 1. The van der Waals surface area contributed by atoms with Gasteiger partial charge in [-0.25, -0.2) is 22.6 Å². The van der Waals surface area contributed by atoms with Crippen molar-refractivity contribution < 1.29 is 27.4 Å². The van der Waals surface area contributed by atoms with Gasteiger partial charge in [-0.05, 0) is 49.1 Å². The van der Waals surface area contributed by atoms with Gasteiger partial charge in [0.05, 0.1) is 24.6 Å². The summed E-state index contributed by atoms with van der Waals surface area (Å²) in [5.41, 5.74) is 1.30. The van der Waals surface area contributed by atoms with Gasteiger partial charge >= 0.3 is 5.97 Å². The number of carboxylic acids is 1. The van der Waals surface area contributed by atoms with E-state index in [1.165, 1.54) is 51.0 Å². The minimum absolute atomic E-state index is 0.0563. The van der Waals surface area contributed by atoms with Crippen LogP contribution in [0.2, 0.25) is 0 Å². The molecule has 3 aromatic rings. The fourth-order valence-corrected chi connectivity index (χ4v) is 6.68. The minimum atomic E-state index is -4.10. The van der Waals surface area contributed by atoms with E-state index in [1.54, 1.807) is 0 Å². The van der Waals surface area contributed by atoms with Gasteiger partial charge in [0, 0.05) is 11.6 Å². The molecule has 1 aliphatic rings. The third kappa shape index (κ3) is 5.48. The van der Waals surface area contributed by atoms with Crippen LogP contribution >= 0.6 is 11.3 Å². The highest BCUT2D eigenvalue weighted by atomic mass is 32.2. The molecule has 10 heteroatoms. The van der Waals surface area contributed by atoms with E-state index >= 15 is 0 Å². The van der Waals surface area contributed by atoms with Crippen molar-refractivity contribution in [2.45, 2.75) is 49.2 Å². The number of ether oxygens (including phenoxy) is 1. The predicted molar refractivity (Wildman–Crippen MR) is 133 cm³/mol. The Labute approximate surface area is 208 Å². The SMILES string of the molecule is CC[C@H]1CC[C@H](c2ccc(-c3ncc(S(=O)(=O)Nc4cc(F)c(C(=O)O)cc4OC)s3)cc2)CC1. The van der Waals surface area contributed by atoms with Gasteiger partial charge in [0.2, 0.25) is 0 Å². The number of carbonyl (C=O) groups is 1. The number of rotatable bonds is 8. The average molecular weight is 519 g/mol. The first-order valence-electron chi connectivity index (χ1n) is 11.4. The molecule has 1 saturated carbocycles. The number of nitrogens with one attached hydrogen (secondary N) is 1. The summed E-state index contributed by atoms with van der Waals surface area (Å²) in [5.74, 6) is -1.28. The molecule has 2 N–H and O–H groups in total. The van der Waals surface area contributed by atoms with Crippen LogP contribution in [-0.2, 0) is 10.0 Å². The van der Waals surface area contributed by atoms with Crippen LogP contribution in [0.5, 0.6) is 5.75 Å². The van der Waals surface area contributed by atoms with E-state index in [9.17, 15) is 17.6 Å². The number of thiazole rings is 1. The molecule has 0 saturated heterocycles. The van der Waals surface area contributed by atoms with Crippen LogP contribution in [0.4, 0.5) is 10.1 Å². The van der Waals surface area contributed by atoms with Gasteiger partial charge in [0.25, 0.3) is 10.0 Å². The van der Waals surface area contributed by atoms with E-state index in [0.717, 1.165) is 35.0 Å². The first-order chi connectivity index (χ1) is 16.7. The molecule has 0 unspecified atom stereocenters. The highest BCUT2D eigenvalue weighted by Gasteiger charge is 2.24. The number of sulfonamides is 1. The van der Waals surface area contributed by atoms with Crippen molar-refractivity contribution in [3.05, 3.63) is 59.5 Å². The molecule has 7 nitrogen and oxygen atoms in total. The molecule has 1 fully saturated rings. The zero-order valence-electron chi connectivity index (χ0n) is 19.5. The van der Waals surface area contributed by atoms with Crippen molar-refractivity contribution >= 4 is 33.0 Å². The molecule has 1 aliphatic carbocycles. The van der Waals surface area contributed by atoms with Crippen molar-refractivity contribution in [2.75, 3.05) is 11.8 Å². The minimum Gasteiger partial charge on any atom is -0.495 e. The van der Waals surface area contributed by atoms with Crippen molar-refractivity contribution in [1.29, 1.82) is 0 Å². The number of benzene rings is 2. The summed E-state index contributed by atoms with van der Waals surface area (Å²) in [6.07, 6.45) is 7.40. The maximum atomic E-state index is 14.1. The lowest BCUT2D eigenvalue weighted by molar-refractivity contribution is 0.0691. The number of anilines is 1. The number of carboxylic acid groups (broad SMARTS) is 1. The molecule has 0 spiro atoms. The molecule has 1 aromatic heterocycles. The van der Waals surface area contributed by atoms with Crippen molar-refractivity contribution in [2.24, 2.45) is 5.92 Å². The van der Waals surface area contributed by atoms with Gasteiger partial charge in [-0.1, -0.05) is 37.6 Å². The first-order valence-corrected chi connectivity index (χ1v) is 13.7. The molecule has 186 valence electrons. The van der Waals surface area contributed by atoms with Crippen LogP contribution in [0.25, 0.3) is 10.6 Å². The molecular formula is C25H27FN2O5S2. The summed E-state index contributed by atoms with van der Waals surface area (Å²) in [6, 6.07) is 9.84. The van der Waals surface area contributed by atoms with E-state index in [4.69, 9.17) is 9.84 Å². The lowest BCUT2D eigenvalue weighted by atomic mass is 9.78. The number of aromatic carboxylic acids is 1. The fourth-order valence-electron chi connectivity index (χ4n) is 4.48. The Hall–Kier alpha value is -2.98. The Balaban J connectivity index is 1.51. The average Bonchev–Trinajstić information content (AvgIpc) is 3.35. The number of hydrogen-bond acceptors (Lipinski definition) is 6. The van der Waals surface area contributed by atoms with Gasteiger partial charge in [-0.2, -0.15) is 0 Å². The monoisotopic (exact) mass is 518 g/mol. The molecular weight excluding hydrogens is 491 g/mol. The number of hydrogen-bond donors (Lipinski definition) is 2. The Kier molecular flexibility index (Phi) is 7.42. The van der Waals surface area contributed by atoms with Crippen molar-refractivity contribution in [3.8, 4) is 16.3 Å². The maximum absolute atomic E-state index is 14.1. The second-order valence-electron chi connectivity index (χ2n) is 8.68. The van der Waals surface area contributed by atoms with Crippen LogP contribution in [0.3, 0.4) is 0 Å². The van der Waals surface area contributed by atoms with Crippen molar-refractivity contribution in [3.63, 3.8) is 0 Å². The van der Waals surface area contributed by atoms with Crippen LogP contribution < -0.4 is 9.46 Å². The zero-order valence-corrected chi connectivity index (χ0v) is 21.1.